The number of amides is 1. The maximum atomic E-state index is 13.0. The van der Waals surface area contributed by atoms with Crippen LogP contribution >= 0.6 is 0 Å². The van der Waals surface area contributed by atoms with Crippen molar-refractivity contribution in [3.63, 3.8) is 0 Å². The monoisotopic (exact) mass is 390 g/mol. The van der Waals surface area contributed by atoms with E-state index in [1.807, 2.05) is 12.1 Å². The second-order valence-corrected chi connectivity index (χ2v) is 6.67. The quantitative estimate of drug-likeness (QED) is 0.428. The van der Waals surface area contributed by atoms with Crippen molar-refractivity contribution in [1.29, 1.82) is 5.26 Å². The number of carbonyl (C=O) groups is 2. The van der Waals surface area contributed by atoms with Gasteiger partial charge in [0.15, 0.2) is 0 Å². The average Bonchev–Trinajstić information content (AvgIpc) is 3.31. The van der Waals surface area contributed by atoms with E-state index in [1.54, 1.807) is 60.5 Å². The third-order valence-electron chi connectivity index (χ3n) is 4.74. The molecule has 1 aliphatic rings. The summed E-state index contributed by atoms with van der Waals surface area (Å²) in [7, 11) is 1.56. The highest BCUT2D eigenvalue weighted by Gasteiger charge is 2.31. The van der Waals surface area contributed by atoms with Crippen LogP contribution in [0.2, 0.25) is 0 Å². The maximum absolute atomic E-state index is 13.0. The number of hydrogen-bond donors (Lipinski definition) is 0. The van der Waals surface area contributed by atoms with Gasteiger partial charge in [-0.05, 0) is 36.6 Å². The Bertz CT molecular complexity index is 924. The van der Waals surface area contributed by atoms with Crippen LogP contribution in [0.1, 0.15) is 30.1 Å². The van der Waals surface area contributed by atoms with Crippen molar-refractivity contribution in [3.8, 4) is 11.8 Å². The van der Waals surface area contributed by atoms with Crippen LogP contribution in [0.5, 0.6) is 5.75 Å². The molecular formula is C23H22N2O4. The molecule has 0 spiro atoms. The molecule has 6 nitrogen and oxygen atoms in total. The Morgan fingerprint density at radius 2 is 1.72 bits per heavy atom. The lowest BCUT2D eigenvalue weighted by Gasteiger charge is -2.23. The van der Waals surface area contributed by atoms with Gasteiger partial charge in [-0.15, -0.1) is 0 Å². The number of nitrogens with zero attached hydrogens (tertiary/aromatic N) is 2. The Kier molecular flexibility index (Phi) is 6.64. The van der Waals surface area contributed by atoms with E-state index in [9.17, 15) is 14.9 Å². The molecule has 0 unspecified atom stereocenters. The minimum atomic E-state index is -1.07. The standard InChI is InChI=1S/C23H22N2O4/c1-28-20-11-9-17(10-12-20)15-19(16-24)23(27)29-21(18-7-3-2-4-8-18)22(26)25-13-5-6-14-25/h2-4,7-12,15,21H,5-6,13-14H2,1H3/b19-15+/t21-/m0/s1. The number of methoxy groups -OCH3 is 1. The average molecular weight is 390 g/mol. The molecule has 2 aromatic carbocycles. The fraction of sp³-hybridized carbons (Fsp3) is 0.261. The molecule has 0 radical (unpaired) electrons. The minimum absolute atomic E-state index is 0.176. The Morgan fingerprint density at radius 3 is 2.31 bits per heavy atom. The van der Waals surface area contributed by atoms with Crippen molar-refractivity contribution < 1.29 is 19.1 Å². The number of esters is 1. The van der Waals surface area contributed by atoms with Crippen molar-refractivity contribution in [2.45, 2.75) is 18.9 Å². The summed E-state index contributed by atoms with van der Waals surface area (Å²) in [5.74, 6) is -0.419. The van der Waals surface area contributed by atoms with Gasteiger partial charge >= 0.3 is 5.97 Å². The second kappa shape index (κ2) is 9.56. The van der Waals surface area contributed by atoms with Gasteiger partial charge in [-0.1, -0.05) is 42.5 Å². The molecule has 1 fully saturated rings. The van der Waals surface area contributed by atoms with Crippen LogP contribution in [-0.2, 0) is 14.3 Å². The molecule has 0 aromatic heterocycles. The molecule has 3 rings (SSSR count). The number of likely N-dealkylation sites (tertiary alicyclic amines) is 1. The maximum Gasteiger partial charge on any atom is 0.350 e. The number of hydrogen-bond acceptors (Lipinski definition) is 5. The van der Waals surface area contributed by atoms with Gasteiger partial charge in [0.2, 0.25) is 6.10 Å². The summed E-state index contributed by atoms with van der Waals surface area (Å²) in [5, 5.41) is 9.45. The van der Waals surface area contributed by atoms with Gasteiger partial charge in [0, 0.05) is 18.7 Å². The number of rotatable bonds is 6. The Morgan fingerprint density at radius 1 is 1.07 bits per heavy atom. The molecule has 6 heteroatoms. The molecule has 2 aromatic rings. The van der Waals surface area contributed by atoms with E-state index >= 15 is 0 Å². The van der Waals surface area contributed by atoms with Gasteiger partial charge in [0.05, 0.1) is 7.11 Å². The van der Waals surface area contributed by atoms with E-state index in [0.29, 0.717) is 30.0 Å². The predicted molar refractivity (Wildman–Crippen MR) is 108 cm³/mol. The first-order valence-corrected chi connectivity index (χ1v) is 9.43. The Hall–Kier alpha value is -3.59. The molecular weight excluding hydrogens is 368 g/mol. The molecule has 1 heterocycles. The van der Waals surface area contributed by atoms with Crippen molar-refractivity contribution >= 4 is 18.0 Å². The summed E-state index contributed by atoms with van der Waals surface area (Å²) in [6.45, 7) is 1.29. The van der Waals surface area contributed by atoms with E-state index < -0.39 is 12.1 Å². The number of carbonyl (C=O) groups excluding carboxylic acids is 2. The zero-order chi connectivity index (χ0) is 20.6. The first-order chi connectivity index (χ1) is 14.1. The fourth-order valence-electron chi connectivity index (χ4n) is 3.17. The lowest BCUT2D eigenvalue weighted by Crippen LogP contribution is -2.35. The van der Waals surface area contributed by atoms with Gasteiger partial charge in [0.1, 0.15) is 17.4 Å². The lowest BCUT2D eigenvalue weighted by atomic mass is 10.1. The summed E-state index contributed by atoms with van der Waals surface area (Å²) < 4.78 is 10.6. The van der Waals surface area contributed by atoms with Crippen LogP contribution in [0.25, 0.3) is 6.08 Å². The van der Waals surface area contributed by atoms with Crippen molar-refractivity contribution in [1.82, 2.24) is 4.90 Å². The zero-order valence-electron chi connectivity index (χ0n) is 16.2. The highest BCUT2D eigenvalue weighted by molar-refractivity contribution is 5.99. The highest BCUT2D eigenvalue weighted by Crippen LogP contribution is 2.24. The summed E-state index contributed by atoms with van der Waals surface area (Å²) >= 11 is 0. The molecule has 1 atom stereocenters. The summed E-state index contributed by atoms with van der Waals surface area (Å²) in [4.78, 5) is 27.3. The largest absolute Gasteiger partial charge is 0.497 e. The van der Waals surface area contributed by atoms with Crippen molar-refractivity contribution in [2.24, 2.45) is 0 Å². The van der Waals surface area contributed by atoms with Crippen LogP contribution in [0.4, 0.5) is 0 Å². The molecule has 1 amide bonds. The molecule has 1 aliphatic heterocycles. The SMILES string of the molecule is COc1ccc(/C=C(\C#N)C(=O)O[C@H](C(=O)N2CCCC2)c2ccccc2)cc1. The van der Waals surface area contributed by atoms with Gasteiger partial charge in [-0.3, -0.25) is 4.79 Å². The topological polar surface area (TPSA) is 79.6 Å². The van der Waals surface area contributed by atoms with E-state index in [-0.39, 0.29) is 11.5 Å². The van der Waals surface area contributed by atoms with Gasteiger partial charge in [-0.2, -0.15) is 5.26 Å². The molecule has 0 bridgehead atoms. The molecule has 148 valence electrons. The van der Waals surface area contributed by atoms with E-state index in [1.165, 1.54) is 6.08 Å². The smallest absolute Gasteiger partial charge is 0.350 e. The van der Waals surface area contributed by atoms with Crippen LogP contribution < -0.4 is 4.74 Å². The fourth-order valence-corrected chi connectivity index (χ4v) is 3.17. The second-order valence-electron chi connectivity index (χ2n) is 6.67. The highest BCUT2D eigenvalue weighted by atomic mass is 16.5. The number of benzene rings is 2. The van der Waals surface area contributed by atoms with Crippen molar-refractivity contribution in [3.05, 3.63) is 71.3 Å². The van der Waals surface area contributed by atoms with Gasteiger partial charge < -0.3 is 14.4 Å². The summed E-state index contributed by atoms with van der Waals surface area (Å²) in [6.07, 6.45) is 2.23. The Labute approximate surface area is 170 Å². The number of nitriles is 1. The molecule has 0 N–H and O–H groups in total. The zero-order valence-corrected chi connectivity index (χ0v) is 16.2. The van der Waals surface area contributed by atoms with Gasteiger partial charge in [0.25, 0.3) is 5.91 Å². The van der Waals surface area contributed by atoms with Crippen LogP contribution in [0.3, 0.4) is 0 Å². The Balaban J connectivity index is 1.83. The minimum Gasteiger partial charge on any atom is -0.497 e. The predicted octanol–water partition coefficient (Wildman–Crippen LogP) is 3.51. The van der Waals surface area contributed by atoms with Crippen LogP contribution in [-0.4, -0.2) is 37.0 Å². The van der Waals surface area contributed by atoms with E-state index in [0.717, 1.165) is 12.8 Å². The van der Waals surface area contributed by atoms with Crippen LogP contribution in [0.15, 0.2) is 60.2 Å². The lowest BCUT2D eigenvalue weighted by molar-refractivity contribution is -0.157. The molecule has 29 heavy (non-hydrogen) atoms. The van der Waals surface area contributed by atoms with Crippen molar-refractivity contribution in [2.75, 3.05) is 20.2 Å². The first-order valence-electron chi connectivity index (χ1n) is 9.43. The third-order valence-corrected chi connectivity index (χ3v) is 4.74. The molecule has 0 saturated carbocycles. The van der Waals surface area contributed by atoms with E-state index in [2.05, 4.69) is 0 Å². The molecule has 1 saturated heterocycles. The first kappa shape index (κ1) is 20.2. The summed E-state index contributed by atoms with van der Waals surface area (Å²) in [6, 6.07) is 17.7. The van der Waals surface area contributed by atoms with Gasteiger partial charge in [-0.25, -0.2) is 4.79 Å². The van der Waals surface area contributed by atoms with Crippen LogP contribution in [0, 0.1) is 11.3 Å². The van der Waals surface area contributed by atoms with E-state index in [4.69, 9.17) is 9.47 Å². The third kappa shape index (κ3) is 5.02. The number of ether oxygens (including phenoxy) is 2. The molecule has 0 aliphatic carbocycles. The normalized spacial score (nSPS) is 14.8. The summed E-state index contributed by atoms with van der Waals surface area (Å²) in [5.41, 5.74) is 1.06.